The molecule has 0 fully saturated rings. The summed E-state index contributed by atoms with van der Waals surface area (Å²) in [6.07, 6.45) is 10.6. The summed E-state index contributed by atoms with van der Waals surface area (Å²) in [4.78, 5) is 2.46. The van der Waals surface area contributed by atoms with Gasteiger partial charge in [0.15, 0.2) is 0 Å². The molecule has 0 heterocycles. The Morgan fingerprint density at radius 1 is 1.38 bits per heavy atom. The van der Waals surface area contributed by atoms with E-state index in [0.29, 0.717) is 0 Å². The predicted octanol–water partition coefficient (Wildman–Crippen LogP) is 2.57. The van der Waals surface area contributed by atoms with E-state index in [1.54, 1.807) is 0 Å². The minimum Gasteiger partial charge on any atom is -0.329 e. The van der Waals surface area contributed by atoms with Crippen molar-refractivity contribution in [3.05, 3.63) is 23.8 Å². The fraction of sp³-hybridized carbons (Fsp3) is 0.714. The fourth-order valence-corrected chi connectivity index (χ4v) is 2.08. The maximum absolute atomic E-state index is 5.62. The summed E-state index contributed by atoms with van der Waals surface area (Å²) < 4.78 is 0. The largest absolute Gasteiger partial charge is 0.329 e. The second kappa shape index (κ2) is 7.64. The Hall–Kier alpha value is -0.600. The Kier molecular flexibility index (Phi) is 6.43. The van der Waals surface area contributed by atoms with Gasteiger partial charge in [-0.3, -0.25) is 0 Å². The molecule has 1 rings (SSSR count). The Morgan fingerprint density at radius 2 is 2.19 bits per heavy atom. The van der Waals surface area contributed by atoms with Crippen LogP contribution >= 0.6 is 0 Å². The van der Waals surface area contributed by atoms with Crippen LogP contribution in [0.1, 0.15) is 33.1 Å². The van der Waals surface area contributed by atoms with E-state index >= 15 is 0 Å². The SMILES string of the molecule is CCCN(CCN)CCC1=CCC(C)C=C1. The van der Waals surface area contributed by atoms with Crippen LogP contribution in [0.5, 0.6) is 0 Å². The van der Waals surface area contributed by atoms with Gasteiger partial charge < -0.3 is 10.6 Å². The first-order valence-corrected chi connectivity index (χ1v) is 6.56. The molecule has 0 spiro atoms. The van der Waals surface area contributed by atoms with E-state index in [1.807, 2.05) is 0 Å². The highest BCUT2D eigenvalue weighted by molar-refractivity contribution is 5.23. The lowest BCUT2D eigenvalue weighted by Crippen LogP contribution is -2.31. The normalized spacial score (nSPS) is 20.2. The van der Waals surface area contributed by atoms with Gasteiger partial charge in [-0.2, -0.15) is 0 Å². The van der Waals surface area contributed by atoms with E-state index in [0.717, 1.165) is 25.6 Å². The van der Waals surface area contributed by atoms with Crippen molar-refractivity contribution in [2.24, 2.45) is 11.7 Å². The summed E-state index contributed by atoms with van der Waals surface area (Å²) in [6.45, 7) is 8.61. The molecule has 0 saturated heterocycles. The molecule has 0 radical (unpaired) electrons. The molecule has 0 aromatic rings. The molecule has 16 heavy (non-hydrogen) atoms. The molecule has 0 saturated carbocycles. The maximum Gasteiger partial charge on any atom is 0.0105 e. The quantitative estimate of drug-likeness (QED) is 0.717. The van der Waals surface area contributed by atoms with Gasteiger partial charge in [0.05, 0.1) is 0 Å². The van der Waals surface area contributed by atoms with Crippen LogP contribution in [0.25, 0.3) is 0 Å². The fourth-order valence-electron chi connectivity index (χ4n) is 2.08. The van der Waals surface area contributed by atoms with Crippen molar-refractivity contribution in [3.63, 3.8) is 0 Å². The second-order valence-electron chi connectivity index (χ2n) is 4.73. The van der Waals surface area contributed by atoms with Crippen molar-refractivity contribution in [1.82, 2.24) is 4.90 Å². The average Bonchev–Trinajstić information content (AvgIpc) is 2.29. The van der Waals surface area contributed by atoms with Crippen molar-refractivity contribution in [3.8, 4) is 0 Å². The molecule has 1 unspecified atom stereocenters. The van der Waals surface area contributed by atoms with Crippen LogP contribution < -0.4 is 5.73 Å². The second-order valence-corrected chi connectivity index (χ2v) is 4.73. The highest BCUT2D eigenvalue weighted by Crippen LogP contribution is 2.17. The molecule has 0 aromatic heterocycles. The number of nitrogens with two attached hydrogens (primary N) is 1. The van der Waals surface area contributed by atoms with Crippen LogP contribution in [0.2, 0.25) is 0 Å². The van der Waals surface area contributed by atoms with Crippen LogP contribution in [-0.2, 0) is 0 Å². The Balaban J connectivity index is 2.29. The number of rotatable bonds is 7. The lowest BCUT2D eigenvalue weighted by Gasteiger charge is -2.21. The van der Waals surface area contributed by atoms with Crippen molar-refractivity contribution in [2.75, 3.05) is 26.2 Å². The number of hydrogen-bond acceptors (Lipinski definition) is 2. The van der Waals surface area contributed by atoms with Gasteiger partial charge >= 0.3 is 0 Å². The minimum atomic E-state index is 0.722. The maximum atomic E-state index is 5.62. The molecule has 0 aromatic carbocycles. The van der Waals surface area contributed by atoms with Gasteiger partial charge in [-0.15, -0.1) is 0 Å². The standard InChI is InChI=1S/C14H26N2/c1-3-10-16(12-9-15)11-8-14-6-4-13(2)5-7-14/h4,6-7,13H,3,5,8-12,15H2,1-2H3. The van der Waals surface area contributed by atoms with E-state index in [4.69, 9.17) is 5.73 Å². The summed E-state index contributed by atoms with van der Waals surface area (Å²) in [5.74, 6) is 0.722. The van der Waals surface area contributed by atoms with Gasteiger partial charge in [0, 0.05) is 19.6 Å². The molecule has 1 aliphatic carbocycles. The van der Waals surface area contributed by atoms with Crippen LogP contribution in [0.3, 0.4) is 0 Å². The molecule has 2 nitrogen and oxygen atoms in total. The third kappa shape index (κ3) is 4.95. The van der Waals surface area contributed by atoms with E-state index in [2.05, 4.69) is 37.0 Å². The highest BCUT2D eigenvalue weighted by atomic mass is 15.1. The Bertz CT molecular complexity index is 237. The monoisotopic (exact) mass is 222 g/mol. The zero-order valence-electron chi connectivity index (χ0n) is 10.8. The first-order chi connectivity index (χ1) is 7.76. The lowest BCUT2D eigenvalue weighted by molar-refractivity contribution is 0.285. The van der Waals surface area contributed by atoms with Gasteiger partial charge in [-0.05, 0) is 31.7 Å². The summed E-state index contributed by atoms with van der Waals surface area (Å²) >= 11 is 0. The van der Waals surface area contributed by atoms with Crippen LogP contribution in [0, 0.1) is 5.92 Å². The van der Waals surface area contributed by atoms with Gasteiger partial charge in [0.2, 0.25) is 0 Å². The summed E-state index contributed by atoms with van der Waals surface area (Å²) in [5.41, 5.74) is 7.11. The van der Waals surface area contributed by atoms with E-state index in [-0.39, 0.29) is 0 Å². The number of hydrogen-bond donors (Lipinski definition) is 1. The zero-order valence-corrected chi connectivity index (χ0v) is 10.8. The number of nitrogens with zero attached hydrogens (tertiary/aromatic N) is 1. The zero-order chi connectivity index (χ0) is 11.8. The van der Waals surface area contributed by atoms with Crippen LogP contribution in [0.15, 0.2) is 23.8 Å². The van der Waals surface area contributed by atoms with Gasteiger partial charge in [-0.1, -0.05) is 37.6 Å². The molecular weight excluding hydrogens is 196 g/mol. The van der Waals surface area contributed by atoms with E-state index in [9.17, 15) is 0 Å². The van der Waals surface area contributed by atoms with Crippen molar-refractivity contribution in [2.45, 2.75) is 33.1 Å². The molecule has 92 valence electrons. The van der Waals surface area contributed by atoms with Crippen molar-refractivity contribution in [1.29, 1.82) is 0 Å². The highest BCUT2D eigenvalue weighted by Gasteiger charge is 2.06. The molecular formula is C14H26N2. The lowest BCUT2D eigenvalue weighted by atomic mass is 9.97. The topological polar surface area (TPSA) is 29.3 Å². The molecule has 2 N–H and O–H groups in total. The summed E-state index contributed by atoms with van der Waals surface area (Å²) in [7, 11) is 0. The van der Waals surface area contributed by atoms with Crippen LogP contribution in [-0.4, -0.2) is 31.1 Å². The summed E-state index contributed by atoms with van der Waals surface area (Å²) in [6, 6.07) is 0. The molecule has 1 aliphatic rings. The molecule has 0 aliphatic heterocycles. The van der Waals surface area contributed by atoms with Gasteiger partial charge in [0.1, 0.15) is 0 Å². The number of allylic oxidation sites excluding steroid dienone is 3. The third-order valence-electron chi connectivity index (χ3n) is 3.09. The molecule has 1 atom stereocenters. The van der Waals surface area contributed by atoms with Crippen molar-refractivity contribution < 1.29 is 0 Å². The first-order valence-electron chi connectivity index (χ1n) is 6.56. The van der Waals surface area contributed by atoms with Crippen LogP contribution in [0.4, 0.5) is 0 Å². The average molecular weight is 222 g/mol. The molecule has 2 heteroatoms. The van der Waals surface area contributed by atoms with E-state index < -0.39 is 0 Å². The predicted molar refractivity (Wildman–Crippen MR) is 71.4 cm³/mol. The summed E-state index contributed by atoms with van der Waals surface area (Å²) in [5, 5.41) is 0. The molecule has 0 amide bonds. The minimum absolute atomic E-state index is 0.722. The van der Waals surface area contributed by atoms with Gasteiger partial charge in [-0.25, -0.2) is 0 Å². The third-order valence-corrected chi connectivity index (χ3v) is 3.09. The van der Waals surface area contributed by atoms with Crippen molar-refractivity contribution >= 4 is 0 Å². The first kappa shape index (κ1) is 13.5. The molecule has 0 bridgehead atoms. The smallest absolute Gasteiger partial charge is 0.0105 e. The van der Waals surface area contributed by atoms with Gasteiger partial charge in [0.25, 0.3) is 0 Å². The van der Waals surface area contributed by atoms with E-state index in [1.165, 1.54) is 31.4 Å². The Labute approximate surface area is 100 Å². The Morgan fingerprint density at radius 3 is 2.75 bits per heavy atom.